The highest BCUT2D eigenvalue weighted by atomic mass is 15.4. The van der Waals surface area contributed by atoms with Crippen molar-refractivity contribution in [2.45, 2.75) is 0 Å². The lowest BCUT2D eigenvalue weighted by Gasteiger charge is -2.00. The minimum absolute atomic E-state index is 0.633. The van der Waals surface area contributed by atoms with Gasteiger partial charge in [-0.3, -0.25) is 0 Å². The lowest BCUT2D eigenvalue weighted by molar-refractivity contribution is 0.802. The van der Waals surface area contributed by atoms with Crippen LogP contribution in [0.15, 0.2) is 42.6 Å². The standard InChI is InChI=1S/C11H9N5/c12-8-5-6-11(13-7-8)16-10-4-2-1-3-9(10)14-15-16/h1-7H,12H2. The second-order valence-corrected chi connectivity index (χ2v) is 3.44. The van der Waals surface area contributed by atoms with Crippen molar-refractivity contribution in [1.82, 2.24) is 20.0 Å². The molecule has 5 nitrogen and oxygen atoms in total. The molecule has 2 N–H and O–H groups in total. The number of pyridine rings is 1. The first-order valence-electron chi connectivity index (χ1n) is 4.87. The Morgan fingerprint density at radius 3 is 2.75 bits per heavy atom. The van der Waals surface area contributed by atoms with Gasteiger partial charge in [-0.2, -0.15) is 4.68 Å². The van der Waals surface area contributed by atoms with Crippen LogP contribution in [0.5, 0.6) is 0 Å². The van der Waals surface area contributed by atoms with Crippen molar-refractivity contribution < 1.29 is 0 Å². The van der Waals surface area contributed by atoms with Gasteiger partial charge in [0.05, 0.1) is 17.4 Å². The Hall–Kier alpha value is -2.43. The minimum atomic E-state index is 0.633. The van der Waals surface area contributed by atoms with Gasteiger partial charge in [0.25, 0.3) is 0 Å². The maximum absolute atomic E-state index is 5.58. The van der Waals surface area contributed by atoms with Crippen molar-refractivity contribution in [3.63, 3.8) is 0 Å². The van der Waals surface area contributed by atoms with Crippen molar-refractivity contribution in [3.8, 4) is 5.82 Å². The number of anilines is 1. The lowest BCUT2D eigenvalue weighted by atomic mass is 10.3. The van der Waals surface area contributed by atoms with Crippen molar-refractivity contribution >= 4 is 16.7 Å². The molecule has 2 aromatic heterocycles. The van der Waals surface area contributed by atoms with Gasteiger partial charge in [0.15, 0.2) is 5.82 Å². The van der Waals surface area contributed by atoms with Crippen molar-refractivity contribution in [2.75, 3.05) is 5.73 Å². The SMILES string of the molecule is Nc1ccc(-n2nnc3ccccc32)nc1. The van der Waals surface area contributed by atoms with Crippen LogP contribution in [-0.4, -0.2) is 20.0 Å². The third kappa shape index (κ3) is 1.30. The molecule has 1 aromatic carbocycles. The largest absolute Gasteiger partial charge is 0.397 e. The molecule has 0 fully saturated rings. The molecule has 0 aliphatic heterocycles. The molecular weight excluding hydrogens is 202 g/mol. The summed E-state index contributed by atoms with van der Waals surface area (Å²) in [7, 11) is 0. The van der Waals surface area contributed by atoms with Gasteiger partial charge >= 0.3 is 0 Å². The molecule has 0 amide bonds. The van der Waals surface area contributed by atoms with Gasteiger partial charge in [0.1, 0.15) is 5.52 Å². The molecule has 0 saturated carbocycles. The van der Waals surface area contributed by atoms with Crippen LogP contribution in [0.25, 0.3) is 16.9 Å². The maximum Gasteiger partial charge on any atom is 0.155 e. The van der Waals surface area contributed by atoms with E-state index in [4.69, 9.17) is 5.73 Å². The molecule has 3 rings (SSSR count). The summed E-state index contributed by atoms with van der Waals surface area (Å²) < 4.78 is 1.69. The quantitative estimate of drug-likeness (QED) is 0.660. The van der Waals surface area contributed by atoms with Crippen LogP contribution in [0.3, 0.4) is 0 Å². The van der Waals surface area contributed by atoms with E-state index < -0.39 is 0 Å². The number of hydrogen-bond acceptors (Lipinski definition) is 4. The Kier molecular flexibility index (Phi) is 1.83. The molecule has 0 spiro atoms. The second kappa shape index (κ2) is 3.30. The van der Waals surface area contributed by atoms with Gasteiger partial charge in [-0.15, -0.1) is 5.10 Å². The number of nitrogens with two attached hydrogens (primary N) is 1. The highest BCUT2D eigenvalue weighted by molar-refractivity contribution is 5.75. The zero-order chi connectivity index (χ0) is 11.0. The highest BCUT2D eigenvalue weighted by Gasteiger charge is 2.05. The molecule has 16 heavy (non-hydrogen) atoms. The van der Waals surface area contributed by atoms with E-state index in [1.165, 1.54) is 0 Å². The van der Waals surface area contributed by atoms with E-state index in [-0.39, 0.29) is 0 Å². The van der Waals surface area contributed by atoms with Crippen LogP contribution >= 0.6 is 0 Å². The molecule has 2 heterocycles. The lowest BCUT2D eigenvalue weighted by Crippen LogP contribution is -1.99. The number of aromatic nitrogens is 4. The topological polar surface area (TPSA) is 69.6 Å². The normalized spacial score (nSPS) is 10.8. The first-order valence-corrected chi connectivity index (χ1v) is 4.87. The van der Waals surface area contributed by atoms with Crippen molar-refractivity contribution in [3.05, 3.63) is 42.6 Å². The van der Waals surface area contributed by atoms with E-state index in [2.05, 4.69) is 15.3 Å². The summed E-state index contributed by atoms with van der Waals surface area (Å²) in [6, 6.07) is 11.3. The zero-order valence-electron chi connectivity index (χ0n) is 8.41. The number of benzene rings is 1. The van der Waals surface area contributed by atoms with E-state index in [0.29, 0.717) is 11.5 Å². The fourth-order valence-corrected chi connectivity index (χ4v) is 1.56. The summed E-state index contributed by atoms with van der Waals surface area (Å²) in [6.45, 7) is 0. The van der Waals surface area contributed by atoms with Crippen molar-refractivity contribution in [1.29, 1.82) is 0 Å². The predicted octanol–water partition coefficient (Wildman–Crippen LogP) is 1.40. The van der Waals surface area contributed by atoms with Crippen molar-refractivity contribution in [2.24, 2.45) is 0 Å². The van der Waals surface area contributed by atoms with Crippen LogP contribution < -0.4 is 5.73 Å². The van der Waals surface area contributed by atoms with Crippen LogP contribution in [0.1, 0.15) is 0 Å². The Balaban J connectivity index is 2.22. The predicted molar refractivity (Wildman–Crippen MR) is 61.1 cm³/mol. The monoisotopic (exact) mass is 211 g/mol. The third-order valence-corrected chi connectivity index (χ3v) is 2.34. The number of nitrogen functional groups attached to an aromatic ring is 1. The first-order chi connectivity index (χ1) is 7.84. The molecule has 0 saturated heterocycles. The number of nitrogens with zero attached hydrogens (tertiary/aromatic N) is 4. The van der Waals surface area contributed by atoms with Gasteiger partial charge in [-0.05, 0) is 24.3 Å². The van der Waals surface area contributed by atoms with E-state index in [9.17, 15) is 0 Å². The van der Waals surface area contributed by atoms with Crippen LogP contribution in [-0.2, 0) is 0 Å². The number of para-hydroxylation sites is 1. The van der Waals surface area contributed by atoms with Crippen LogP contribution in [0.2, 0.25) is 0 Å². The van der Waals surface area contributed by atoms with Crippen LogP contribution in [0, 0.1) is 0 Å². The van der Waals surface area contributed by atoms with Gasteiger partial charge in [-0.1, -0.05) is 17.3 Å². The number of fused-ring (bicyclic) bond motifs is 1. The fourth-order valence-electron chi connectivity index (χ4n) is 1.56. The second-order valence-electron chi connectivity index (χ2n) is 3.44. The molecular formula is C11H9N5. The van der Waals surface area contributed by atoms with Crippen LogP contribution in [0.4, 0.5) is 5.69 Å². The van der Waals surface area contributed by atoms with E-state index in [0.717, 1.165) is 11.0 Å². The molecule has 5 heteroatoms. The highest BCUT2D eigenvalue weighted by Crippen LogP contribution is 2.14. The Morgan fingerprint density at radius 2 is 1.94 bits per heavy atom. The van der Waals surface area contributed by atoms with Gasteiger partial charge in [0, 0.05) is 0 Å². The fraction of sp³-hybridized carbons (Fsp3) is 0. The molecule has 0 radical (unpaired) electrons. The number of rotatable bonds is 1. The molecule has 0 bridgehead atoms. The molecule has 3 aromatic rings. The van der Waals surface area contributed by atoms with E-state index >= 15 is 0 Å². The van der Waals surface area contributed by atoms with E-state index in [1.807, 2.05) is 30.3 Å². The van der Waals surface area contributed by atoms with Gasteiger partial charge in [0.2, 0.25) is 0 Å². The maximum atomic E-state index is 5.58. The Bertz CT molecular complexity index is 626. The average Bonchev–Trinajstić information content (AvgIpc) is 2.74. The molecule has 0 aliphatic carbocycles. The van der Waals surface area contributed by atoms with Gasteiger partial charge < -0.3 is 5.73 Å². The third-order valence-electron chi connectivity index (χ3n) is 2.34. The summed E-state index contributed by atoms with van der Waals surface area (Å²) in [5.74, 6) is 0.711. The zero-order valence-corrected chi connectivity index (χ0v) is 8.41. The smallest absolute Gasteiger partial charge is 0.155 e. The summed E-state index contributed by atoms with van der Waals surface area (Å²) in [5, 5.41) is 8.12. The first kappa shape index (κ1) is 8.84. The summed E-state index contributed by atoms with van der Waals surface area (Å²) in [6.07, 6.45) is 1.60. The average molecular weight is 211 g/mol. The molecule has 0 unspecified atom stereocenters. The van der Waals surface area contributed by atoms with Gasteiger partial charge in [-0.25, -0.2) is 4.98 Å². The summed E-state index contributed by atoms with van der Waals surface area (Å²) in [4.78, 5) is 4.21. The Labute approximate surface area is 91.5 Å². The number of hydrogen-bond donors (Lipinski definition) is 1. The molecule has 0 aliphatic rings. The van der Waals surface area contributed by atoms with E-state index in [1.54, 1.807) is 16.9 Å². The summed E-state index contributed by atoms with van der Waals surface area (Å²) >= 11 is 0. The summed E-state index contributed by atoms with van der Waals surface area (Å²) in [5.41, 5.74) is 8.00. The minimum Gasteiger partial charge on any atom is -0.397 e. The Morgan fingerprint density at radius 1 is 1.06 bits per heavy atom. The molecule has 0 atom stereocenters. The molecule has 78 valence electrons.